The van der Waals surface area contributed by atoms with Gasteiger partial charge in [-0.2, -0.15) is 0 Å². The normalized spacial score (nSPS) is 18.7. The molecule has 0 aromatic heterocycles. The van der Waals surface area contributed by atoms with Gasteiger partial charge in [-0.25, -0.2) is 0 Å². The summed E-state index contributed by atoms with van der Waals surface area (Å²) in [6, 6.07) is 14.8. The van der Waals surface area contributed by atoms with Gasteiger partial charge in [0, 0.05) is 37.7 Å². The van der Waals surface area contributed by atoms with E-state index in [1.807, 2.05) is 58.3 Å². The van der Waals surface area contributed by atoms with Crippen molar-refractivity contribution in [2.24, 2.45) is 5.92 Å². The number of likely N-dealkylation sites (tertiary alicyclic amines) is 2. The highest BCUT2D eigenvalue weighted by Crippen LogP contribution is 2.24. The Morgan fingerprint density at radius 1 is 0.903 bits per heavy atom. The first-order valence-electron chi connectivity index (χ1n) is 11.1. The highest BCUT2D eigenvalue weighted by Gasteiger charge is 2.26. The summed E-state index contributed by atoms with van der Waals surface area (Å²) in [6.45, 7) is 3.67. The van der Waals surface area contributed by atoms with Crippen molar-refractivity contribution < 1.29 is 19.1 Å². The van der Waals surface area contributed by atoms with Crippen LogP contribution < -0.4 is 9.47 Å². The number of carbonyl (C=O) groups is 2. The van der Waals surface area contributed by atoms with Gasteiger partial charge in [0.05, 0.1) is 19.3 Å². The third kappa shape index (κ3) is 5.01. The predicted molar refractivity (Wildman–Crippen MR) is 119 cm³/mol. The fourth-order valence-electron chi connectivity index (χ4n) is 4.39. The topological polar surface area (TPSA) is 59.1 Å². The SMILES string of the molecule is COc1ccccc1C(=O)N1CCCC(COc2ccc(C(=O)N3CCCC3)cc2)C1. The molecule has 2 aromatic rings. The third-order valence-corrected chi connectivity index (χ3v) is 6.12. The van der Waals surface area contributed by atoms with Gasteiger partial charge in [0.1, 0.15) is 11.5 Å². The fraction of sp³-hybridized carbons (Fsp3) is 0.440. The van der Waals surface area contributed by atoms with Crippen molar-refractivity contribution in [2.45, 2.75) is 25.7 Å². The van der Waals surface area contributed by atoms with Crippen LogP contribution in [0.4, 0.5) is 0 Å². The number of nitrogens with zero attached hydrogens (tertiary/aromatic N) is 2. The van der Waals surface area contributed by atoms with Crippen molar-refractivity contribution in [3.8, 4) is 11.5 Å². The quantitative estimate of drug-likeness (QED) is 0.709. The summed E-state index contributed by atoms with van der Waals surface area (Å²) in [7, 11) is 1.59. The van der Waals surface area contributed by atoms with Gasteiger partial charge in [-0.1, -0.05) is 12.1 Å². The summed E-state index contributed by atoms with van der Waals surface area (Å²) in [5.74, 6) is 1.74. The van der Waals surface area contributed by atoms with E-state index in [-0.39, 0.29) is 17.7 Å². The van der Waals surface area contributed by atoms with Gasteiger partial charge in [0.15, 0.2) is 0 Å². The average Bonchev–Trinajstić information content (AvgIpc) is 3.37. The Morgan fingerprint density at radius 3 is 2.35 bits per heavy atom. The van der Waals surface area contributed by atoms with Crippen LogP contribution in [0.2, 0.25) is 0 Å². The summed E-state index contributed by atoms with van der Waals surface area (Å²) in [6.07, 6.45) is 4.16. The Bertz CT molecular complexity index is 906. The maximum absolute atomic E-state index is 13.0. The lowest BCUT2D eigenvalue weighted by Gasteiger charge is -2.33. The highest BCUT2D eigenvalue weighted by molar-refractivity contribution is 5.97. The molecule has 1 unspecified atom stereocenters. The molecule has 0 radical (unpaired) electrons. The molecular formula is C25H30N2O4. The molecule has 2 heterocycles. The van der Waals surface area contributed by atoms with E-state index in [4.69, 9.17) is 9.47 Å². The lowest BCUT2D eigenvalue weighted by Crippen LogP contribution is -2.41. The van der Waals surface area contributed by atoms with Gasteiger partial charge >= 0.3 is 0 Å². The monoisotopic (exact) mass is 422 g/mol. The molecule has 1 atom stereocenters. The van der Waals surface area contributed by atoms with Gasteiger partial charge < -0.3 is 19.3 Å². The first-order valence-corrected chi connectivity index (χ1v) is 11.1. The molecule has 2 amide bonds. The van der Waals surface area contributed by atoms with Crippen molar-refractivity contribution in [2.75, 3.05) is 39.9 Å². The van der Waals surface area contributed by atoms with Crippen molar-refractivity contribution in [3.63, 3.8) is 0 Å². The summed E-state index contributed by atoms with van der Waals surface area (Å²) in [5.41, 5.74) is 1.31. The molecule has 0 bridgehead atoms. The van der Waals surface area contributed by atoms with Crippen LogP contribution in [0.5, 0.6) is 11.5 Å². The van der Waals surface area contributed by atoms with E-state index in [1.54, 1.807) is 7.11 Å². The summed E-state index contributed by atoms with van der Waals surface area (Å²) < 4.78 is 11.3. The number of para-hydroxylation sites is 1. The van der Waals surface area contributed by atoms with E-state index in [0.717, 1.165) is 51.1 Å². The van der Waals surface area contributed by atoms with Gasteiger partial charge in [-0.15, -0.1) is 0 Å². The molecule has 0 N–H and O–H groups in total. The second kappa shape index (κ2) is 9.86. The highest BCUT2D eigenvalue weighted by atomic mass is 16.5. The van der Waals surface area contributed by atoms with Crippen molar-refractivity contribution in [1.82, 2.24) is 9.80 Å². The summed E-state index contributed by atoms with van der Waals surface area (Å²) >= 11 is 0. The van der Waals surface area contributed by atoms with Gasteiger partial charge in [-0.05, 0) is 62.1 Å². The number of hydrogen-bond acceptors (Lipinski definition) is 4. The van der Waals surface area contributed by atoms with Crippen LogP contribution >= 0.6 is 0 Å². The zero-order valence-corrected chi connectivity index (χ0v) is 18.1. The minimum atomic E-state index is 0.00641. The molecule has 2 aliphatic heterocycles. The molecule has 31 heavy (non-hydrogen) atoms. The van der Waals surface area contributed by atoms with E-state index in [9.17, 15) is 9.59 Å². The van der Waals surface area contributed by atoms with Crippen LogP contribution in [0.15, 0.2) is 48.5 Å². The Kier molecular flexibility index (Phi) is 6.75. The molecule has 6 nitrogen and oxygen atoms in total. The van der Waals surface area contributed by atoms with Gasteiger partial charge in [0.2, 0.25) is 0 Å². The lowest BCUT2D eigenvalue weighted by molar-refractivity contribution is 0.0630. The summed E-state index contributed by atoms with van der Waals surface area (Å²) in [5, 5.41) is 0. The first kappa shape index (κ1) is 21.2. The molecule has 0 saturated carbocycles. The average molecular weight is 423 g/mol. The van der Waals surface area contributed by atoms with Crippen LogP contribution in [0, 0.1) is 5.92 Å². The standard InChI is InChI=1S/C25H30N2O4/c1-30-23-9-3-2-8-22(23)25(29)27-16-6-7-19(17-27)18-31-21-12-10-20(11-13-21)24(28)26-14-4-5-15-26/h2-3,8-13,19H,4-7,14-18H2,1H3. The molecular weight excluding hydrogens is 392 g/mol. The number of carbonyl (C=O) groups excluding carboxylic acids is 2. The molecule has 4 rings (SSSR count). The van der Waals surface area contributed by atoms with Crippen molar-refractivity contribution in [3.05, 3.63) is 59.7 Å². The number of amides is 2. The van der Waals surface area contributed by atoms with E-state index in [0.29, 0.717) is 30.0 Å². The molecule has 2 aliphatic rings. The van der Waals surface area contributed by atoms with Crippen molar-refractivity contribution in [1.29, 1.82) is 0 Å². The number of rotatable bonds is 6. The van der Waals surface area contributed by atoms with Crippen LogP contribution in [-0.4, -0.2) is 61.5 Å². The molecule has 2 aromatic carbocycles. The Hall–Kier alpha value is -3.02. The fourth-order valence-corrected chi connectivity index (χ4v) is 4.39. The van der Waals surface area contributed by atoms with E-state index >= 15 is 0 Å². The van der Waals surface area contributed by atoms with E-state index in [2.05, 4.69) is 0 Å². The number of benzene rings is 2. The number of methoxy groups -OCH3 is 1. The third-order valence-electron chi connectivity index (χ3n) is 6.12. The molecule has 0 spiro atoms. The van der Waals surface area contributed by atoms with Gasteiger partial charge in [-0.3, -0.25) is 9.59 Å². The molecule has 164 valence electrons. The number of ether oxygens (including phenoxy) is 2. The smallest absolute Gasteiger partial charge is 0.257 e. The molecule has 6 heteroatoms. The molecule has 2 saturated heterocycles. The second-order valence-electron chi connectivity index (χ2n) is 8.29. The summed E-state index contributed by atoms with van der Waals surface area (Å²) in [4.78, 5) is 29.2. The lowest BCUT2D eigenvalue weighted by atomic mass is 9.98. The largest absolute Gasteiger partial charge is 0.496 e. The van der Waals surface area contributed by atoms with Crippen LogP contribution in [-0.2, 0) is 0 Å². The van der Waals surface area contributed by atoms with Crippen LogP contribution in [0.1, 0.15) is 46.4 Å². The minimum absolute atomic E-state index is 0.00641. The van der Waals surface area contributed by atoms with Crippen molar-refractivity contribution >= 4 is 11.8 Å². The Balaban J connectivity index is 1.31. The minimum Gasteiger partial charge on any atom is -0.496 e. The zero-order chi connectivity index (χ0) is 21.6. The van der Waals surface area contributed by atoms with E-state index in [1.165, 1.54) is 0 Å². The van der Waals surface area contributed by atoms with Gasteiger partial charge in [0.25, 0.3) is 11.8 Å². The Labute approximate surface area is 183 Å². The molecule has 2 fully saturated rings. The maximum Gasteiger partial charge on any atom is 0.257 e. The number of piperidine rings is 1. The Morgan fingerprint density at radius 2 is 1.61 bits per heavy atom. The van der Waals surface area contributed by atoms with E-state index < -0.39 is 0 Å². The second-order valence-corrected chi connectivity index (χ2v) is 8.29. The zero-order valence-electron chi connectivity index (χ0n) is 18.1. The first-order chi connectivity index (χ1) is 15.2. The van der Waals surface area contributed by atoms with Crippen LogP contribution in [0.25, 0.3) is 0 Å². The maximum atomic E-state index is 13.0. The van der Waals surface area contributed by atoms with Crippen LogP contribution in [0.3, 0.4) is 0 Å². The molecule has 0 aliphatic carbocycles. The number of hydrogen-bond donors (Lipinski definition) is 0. The predicted octanol–water partition coefficient (Wildman–Crippen LogP) is 3.86.